The van der Waals surface area contributed by atoms with Gasteiger partial charge in [-0.3, -0.25) is 14.4 Å². The number of hydrogen-bond donors (Lipinski definition) is 0. The second kappa shape index (κ2) is 3.93. The quantitative estimate of drug-likeness (QED) is 0.694. The predicted molar refractivity (Wildman–Crippen MR) is 53.9 cm³/mol. The molecule has 1 aliphatic carbocycles. The first kappa shape index (κ1) is 10.6. The first-order valence-electron chi connectivity index (χ1n) is 5.60. The molecule has 1 saturated heterocycles. The monoisotopic (exact) mass is 211 g/mol. The maximum absolute atomic E-state index is 11.6. The van der Waals surface area contributed by atoms with Gasteiger partial charge in [0.2, 0.25) is 5.91 Å². The Kier molecular flexibility index (Phi) is 2.78. The highest BCUT2D eigenvalue weighted by Gasteiger charge is 2.45. The summed E-state index contributed by atoms with van der Waals surface area (Å²) in [6.45, 7) is 1.57. The predicted octanol–water partition coefficient (Wildman–Crippen LogP) is 1.44. The minimum atomic E-state index is -0.273. The zero-order valence-corrected chi connectivity index (χ0v) is 9.12. The highest BCUT2D eigenvalue weighted by atomic mass is 16.7. The van der Waals surface area contributed by atoms with E-state index < -0.39 is 0 Å². The highest BCUT2D eigenvalue weighted by Crippen LogP contribution is 2.39. The van der Waals surface area contributed by atoms with Gasteiger partial charge < -0.3 is 0 Å². The largest absolute Gasteiger partial charge is 0.298 e. The summed E-state index contributed by atoms with van der Waals surface area (Å²) in [6.07, 6.45) is 5.84. The smallest absolute Gasteiger partial charge is 0.249 e. The Morgan fingerprint density at radius 1 is 1.40 bits per heavy atom. The Balaban J connectivity index is 2.01. The normalized spacial score (nSPS) is 24.9. The summed E-state index contributed by atoms with van der Waals surface area (Å²) >= 11 is 0. The van der Waals surface area contributed by atoms with Gasteiger partial charge in [-0.15, -0.1) is 0 Å². The molecule has 4 heteroatoms. The molecule has 0 aromatic heterocycles. The minimum Gasteiger partial charge on any atom is -0.298 e. The zero-order valence-electron chi connectivity index (χ0n) is 9.12. The summed E-state index contributed by atoms with van der Waals surface area (Å²) in [4.78, 5) is 28.3. The van der Waals surface area contributed by atoms with Crippen LogP contribution in [0.1, 0.15) is 45.4 Å². The SMILES string of the molecule is CC(=O)CN1OC2(CCCCC2)CC1=O. The van der Waals surface area contributed by atoms with Gasteiger partial charge in [-0.2, -0.15) is 0 Å². The molecule has 15 heavy (non-hydrogen) atoms. The number of hydrogen-bond acceptors (Lipinski definition) is 3. The molecule has 4 nitrogen and oxygen atoms in total. The molecular weight excluding hydrogens is 194 g/mol. The van der Waals surface area contributed by atoms with E-state index in [0.717, 1.165) is 25.7 Å². The van der Waals surface area contributed by atoms with Gasteiger partial charge in [-0.1, -0.05) is 19.3 Å². The average molecular weight is 211 g/mol. The number of Topliss-reactive ketones (excluding diaryl/α,β-unsaturated/α-hetero) is 1. The number of rotatable bonds is 2. The van der Waals surface area contributed by atoms with Gasteiger partial charge in [0, 0.05) is 0 Å². The third-order valence-corrected chi connectivity index (χ3v) is 3.19. The molecule has 1 heterocycles. The molecule has 1 amide bonds. The number of ketones is 1. The number of hydroxylamine groups is 2. The van der Waals surface area contributed by atoms with Crippen molar-refractivity contribution in [2.45, 2.75) is 51.0 Å². The Bertz CT molecular complexity index is 282. The third-order valence-electron chi connectivity index (χ3n) is 3.19. The van der Waals surface area contributed by atoms with Crippen molar-refractivity contribution in [2.75, 3.05) is 6.54 Å². The summed E-state index contributed by atoms with van der Waals surface area (Å²) in [6, 6.07) is 0. The van der Waals surface area contributed by atoms with Crippen molar-refractivity contribution in [1.82, 2.24) is 5.06 Å². The molecule has 0 bridgehead atoms. The van der Waals surface area contributed by atoms with Crippen LogP contribution in [0.3, 0.4) is 0 Å². The molecule has 2 aliphatic rings. The van der Waals surface area contributed by atoms with Crippen LogP contribution in [0.5, 0.6) is 0 Å². The molecule has 0 aromatic carbocycles. The maximum atomic E-state index is 11.6. The van der Waals surface area contributed by atoms with Crippen LogP contribution < -0.4 is 0 Å². The molecule has 0 N–H and O–H groups in total. The summed E-state index contributed by atoms with van der Waals surface area (Å²) < 4.78 is 0. The minimum absolute atomic E-state index is 0.0313. The maximum Gasteiger partial charge on any atom is 0.249 e. The van der Waals surface area contributed by atoms with Crippen molar-refractivity contribution in [1.29, 1.82) is 0 Å². The second-order valence-corrected chi connectivity index (χ2v) is 4.64. The lowest BCUT2D eigenvalue weighted by Gasteiger charge is -2.31. The van der Waals surface area contributed by atoms with Gasteiger partial charge in [0.1, 0.15) is 12.1 Å². The van der Waals surface area contributed by atoms with Crippen molar-refractivity contribution < 1.29 is 14.4 Å². The van der Waals surface area contributed by atoms with Crippen LogP contribution in [0.25, 0.3) is 0 Å². The van der Waals surface area contributed by atoms with Crippen LogP contribution in [0, 0.1) is 0 Å². The van der Waals surface area contributed by atoms with Crippen LogP contribution in [-0.2, 0) is 14.4 Å². The van der Waals surface area contributed by atoms with E-state index >= 15 is 0 Å². The Morgan fingerprint density at radius 2 is 2.07 bits per heavy atom. The molecule has 1 saturated carbocycles. The standard InChI is InChI=1S/C11H17NO3/c1-9(13)8-12-10(14)7-11(15-12)5-3-2-4-6-11/h2-8H2,1H3. The molecule has 0 atom stereocenters. The fourth-order valence-electron chi connectivity index (χ4n) is 2.47. The topological polar surface area (TPSA) is 46.6 Å². The van der Waals surface area contributed by atoms with Crippen molar-refractivity contribution >= 4 is 11.7 Å². The van der Waals surface area contributed by atoms with Gasteiger partial charge in [0.15, 0.2) is 5.78 Å². The molecule has 0 radical (unpaired) electrons. The number of carbonyl (C=O) groups excluding carboxylic acids is 2. The van der Waals surface area contributed by atoms with Crippen LogP contribution in [-0.4, -0.2) is 28.9 Å². The lowest BCUT2D eigenvalue weighted by molar-refractivity contribution is -0.206. The lowest BCUT2D eigenvalue weighted by atomic mass is 9.83. The fourth-order valence-corrected chi connectivity index (χ4v) is 2.47. The molecule has 1 aliphatic heterocycles. The van der Waals surface area contributed by atoms with Crippen LogP contribution in [0.15, 0.2) is 0 Å². The van der Waals surface area contributed by atoms with Gasteiger partial charge in [0.25, 0.3) is 0 Å². The summed E-state index contributed by atoms with van der Waals surface area (Å²) in [5.74, 6) is -0.0664. The summed E-state index contributed by atoms with van der Waals surface area (Å²) in [7, 11) is 0. The molecule has 0 aromatic rings. The van der Waals surface area contributed by atoms with E-state index in [1.54, 1.807) is 0 Å². The van der Waals surface area contributed by atoms with E-state index in [1.807, 2.05) is 0 Å². The molecule has 0 unspecified atom stereocenters. The van der Waals surface area contributed by atoms with Crippen molar-refractivity contribution in [3.63, 3.8) is 0 Å². The van der Waals surface area contributed by atoms with Gasteiger partial charge in [0.05, 0.1) is 6.42 Å². The van der Waals surface area contributed by atoms with Crippen molar-refractivity contribution in [3.8, 4) is 0 Å². The molecule has 2 rings (SSSR count). The van der Waals surface area contributed by atoms with Crippen LogP contribution >= 0.6 is 0 Å². The number of nitrogens with zero attached hydrogens (tertiary/aromatic N) is 1. The van der Waals surface area contributed by atoms with Crippen molar-refractivity contribution in [2.24, 2.45) is 0 Å². The average Bonchev–Trinajstić information content (AvgIpc) is 2.43. The third kappa shape index (κ3) is 2.20. The van der Waals surface area contributed by atoms with Crippen LogP contribution in [0.4, 0.5) is 0 Å². The van der Waals surface area contributed by atoms with E-state index in [1.165, 1.54) is 18.4 Å². The Labute approximate surface area is 89.5 Å². The van der Waals surface area contributed by atoms with Gasteiger partial charge in [-0.05, 0) is 19.8 Å². The molecule has 84 valence electrons. The second-order valence-electron chi connectivity index (χ2n) is 4.64. The molecule has 1 spiro atoms. The van der Waals surface area contributed by atoms with Crippen LogP contribution in [0.2, 0.25) is 0 Å². The highest BCUT2D eigenvalue weighted by molar-refractivity contribution is 5.85. The first-order valence-corrected chi connectivity index (χ1v) is 5.60. The summed E-state index contributed by atoms with van der Waals surface area (Å²) in [5.41, 5.74) is -0.273. The van der Waals surface area contributed by atoms with E-state index in [2.05, 4.69) is 0 Å². The molecular formula is C11H17NO3. The van der Waals surface area contributed by atoms with E-state index in [9.17, 15) is 9.59 Å². The van der Waals surface area contributed by atoms with E-state index in [-0.39, 0.29) is 23.8 Å². The number of carbonyl (C=O) groups is 2. The van der Waals surface area contributed by atoms with Crippen molar-refractivity contribution in [3.05, 3.63) is 0 Å². The lowest BCUT2D eigenvalue weighted by Crippen LogP contribution is -2.34. The first-order chi connectivity index (χ1) is 7.11. The Morgan fingerprint density at radius 3 is 2.67 bits per heavy atom. The van der Waals surface area contributed by atoms with E-state index in [0.29, 0.717) is 6.42 Å². The Hall–Kier alpha value is -0.900. The van der Waals surface area contributed by atoms with Gasteiger partial charge in [-0.25, -0.2) is 5.06 Å². The van der Waals surface area contributed by atoms with E-state index in [4.69, 9.17) is 4.84 Å². The number of amides is 1. The molecule has 2 fully saturated rings. The fraction of sp³-hybridized carbons (Fsp3) is 0.818. The van der Waals surface area contributed by atoms with Gasteiger partial charge >= 0.3 is 0 Å². The zero-order chi connectivity index (χ0) is 10.9. The summed E-state index contributed by atoms with van der Waals surface area (Å²) in [5, 5.41) is 1.26.